The van der Waals surface area contributed by atoms with Gasteiger partial charge in [-0.25, -0.2) is 9.18 Å². The van der Waals surface area contributed by atoms with Crippen LogP contribution in [0.4, 0.5) is 10.1 Å². The molecule has 1 aromatic rings. The number of benzene rings is 1. The van der Waals surface area contributed by atoms with Crippen LogP contribution in [0, 0.1) is 5.82 Å². The Balaban J connectivity index is 2.57. The average Bonchev–Trinajstić information content (AvgIpc) is 2.17. The third-order valence-electron chi connectivity index (χ3n) is 1.60. The predicted molar refractivity (Wildman–Crippen MR) is 56.7 cm³/mol. The van der Waals surface area contributed by atoms with Gasteiger partial charge in [0.05, 0.1) is 5.69 Å². The highest BCUT2D eigenvalue weighted by molar-refractivity contribution is 6.30. The van der Waals surface area contributed by atoms with Crippen LogP contribution in [0.15, 0.2) is 30.4 Å². The smallest absolute Gasteiger partial charge is 0.328 e. The molecule has 0 radical (unpaired) electrons. The van der Waals surface area contributed by atoms with Crippen LogP contribution in [0.5, 0.6) is 0 Å². The number of aliphatic carboxylic acids is 1. The van der Waals surface area contributed by atoms with E-state index in [2.05, 4.69) is 5.32 Å². The summed E-state index contributed by atoms with van der Waals surface area (Å²) in [5, 5.41) is 11.4. The third kappa shape index (κ3) is 3.99. The lowest BCUT2D eigenvalue weighted by Crippen LogP contribution is -2.01. The topological polar surface area (TPSA) is 49.3 Å². The molecule has 0 aliphatic rings. The van der Waals surface area contributed by atoms with Gasteiger partial charge in [-0.15, -0.1) is 0 Å². The number of carboxylic acid groups (broad SMARTS) is 1. The van der Waals surface area contributed by atoms with Crippen molar-refractivity contribution in [2.75, 3.05) is 11.9 Å². The molecule has 0 saturated heterocycles. The molecular weight excluding hydrogens is 221 g/mol. The molecule has 0 aromatic heterocycles. The van der Waals surface area contributed by atoms with Gasteiger partial charge in [-0.2, -0.15) is 0 Å². The molecule has 5 heteroatoms. The van der Waals surface area contributed by atoms with E-state index in [1.54, 1.807) is 0 Å². The number of hydrogen-bond donors (Lipinski definition) is 2. The lowest BCUT2D eigenvalue weighted by atomic mass is 10.3. The van der Waals surface area contributed by atoms with E-state index in [0.717, 1.165) is 6.08 Å². The Morgan fingerprint density at radius 2 is 2.33 bits per heavy atom. The van der Waals surface area contributed by atoms with Crippen LogP contribution >= 0.6 is 11.6 Å². The average molecular weight is 230 g/mol. The van der Waals surface area contributed by atoms with Crippen LogP contribution < -0.4 is 5.32 Å². The third-order valence-corrected chi connectivity index (χ3v) is 1.83. The standard InChI is InChI=1S/C10H9ClFNO2/c11-7-3-4-8(12)9(6-7)13-5-1-2-10(14)15/h1-4,6,13H,5H2,(H,14,15)/b2-1+. The van der Waals surface area contributed by atoms with E-state index >= 15 is 0 Å². The fourth-order valence-corrected chi connectivity index (χ4v) is 1.13. The van der Waals surface area contributed by atoms with E-state index in [-0.39, 0.29) is 12.2 Å². The number of carboxylic acids is 1. The fourth-order valence-electron chi connectivity index (χ4n) is 0.962. The van der Waals surface area contributed by atoms with Gasteiger partial charge < -0.3 is 10.4 Å². The second-order valence-corrected chi connectivity index (χ2v) is 3.18. The summed E-state index contributed by atoms with van der Waals surface area (Å²) < 4.78 is 13.1. The summed E-state index contributed by atoms with van der Waals surface area (Å²) in [6, 6.07) is 4.12. The Labute approximate surface area is 91.2 Å². The minimum absolute atomic E-state index is 0.226. The van der Waals surface area contributed by atoms with Gasteiger partial charge in [0.25, 0.3) is 0 Å². The van der Waals surface area contributed by atoms with Crippen molar-refractivity contribution in [1.82, 2.24) is 0 Å². The fraction of sp³-hybridized carbons (Fsp3) is 0.100. The molecule has 0 aliphatic carbocycles. The maximum Gasteiger partial charge on any atom is 0.328 e. The van der Waals surface area contributed by atoms with Crippen LogP contribution in [0.25, 0.3) is 0 Å². The number of halogens is 2. The molecule has 0 atom stereocenters. The lowest BCUT2D eigenvalue weighted by Gasteiger charge is -2.04. The molecule has 0 saturated carbocycles. The molecule has 1 aromatic carbocycles. The van der Waals surface area contributed by atoms with Crippen LogP contribution in [0.3, 0.4) is 0 Å². The Kier molecular flexibility index (Phi) is 4.12. The Bertz CT molecular complexity index is 393. The minimum Gasteiger partial charge on any atom is -0.478 e. The lowest BCUT2D eigenvalue weighted by molar-refractivity contribution is -0.131. The van der Waals surface area contributed by atoms with Crippen molar-refractivity contribution in [1.29, 1.82) is 0 Å². The zero-order chi connectivity index (χ0) is 11.3. The van der Waals surface area contributed by atoms with Gasteiger partial charge in [-0.1, -0.05) is 17.7 Å². The summed E-state index contributed by atoms with van der Waals surface area (Å²) >= 11 is 5.66. The van der Waals surface area contributed by atoms with E-state index in [0.29, 0.717) is 5.02 Å². The first-order valence-electron chi connectivity index (χ1n) is 4.18. The first kappa shape index (κ1) is 11.5. The largest absolute Gasteiger partial charge is 0.478 e. The van der Waals surface area contributed by atoms with Crippen molar-refractivity contribution in [3.8, 4) is 0 Å². The predicted octanol–water partition coefficient (Wildman–Crippen LogP) is 2.53. The number of hydrogen-bond acceptors (Lipinski definition) is 2. The summed E-state index contributed by atoms with van der Waals surface area (Å²) in [5.74, 6) is -1.47. The van der Waals surface area contributed by atoms with Crippen molar-refractivity contribution in [3.63, 3.8) is 0 Å². The summed E-state index contributed by atoms with van der Waals surface area (Å²) in [6.07, 6.45) is 2.36. The van der Waals surface area contributed by atoms with Crippen molar-refractivity contribution >= 4 is 23.3 Å². The van der Waals surface area contributed by atoms with Gasteiger partial charge in [-0.05, 0) is 18.2 Å². The van der Waals surface area contributed by atoms with E-state index in [4.69, 9.17) is 16.7 Å². The maximum absolute atomic E-state index is 13.1. The quantitative estimate of drug-likeness (QED) is 0.780. The molecule has 3 nitrogen and oxygen atoms in total. The number of anilines is 1. The Morgan fingerprint density at radius 1 is 1.60 bits per heavy atom. The first-order valence-corrected chi connectivity index (χ1v) is 4.56. The van der Waals surface area contributed by atoms with Crippen LogP contribution in [0.2, 0.25) is 5.02 Å². The van der Waals surface area contributed by atoms with Crippen molar-refractivity contribution < 1.29 is 14.3 Å². The van der Waals surface area contributed by atoms with Crippen molar-refractivity contribution in [3.05, 3.63) is 41.2 Å². The molecular formula is C10H9ClFNO2. The number of rotatable bonds is 4. The summed E-state index contributed by atoms with van der Waals surface area (Å²) in [4.78, 5) is 10.1. The van der Waals surface area contributed by atoms with Gasteiger partial charge in [0.1, 0.15) is 5.82 Å². The molecule has 0 bridgehead atoms. The summed E-state index contributed by atoms with van der Waals surface area (Å²) in [5.41, 5.74) is 0.248. The van der Waals surface area contributed by atoms with Crippen molar-refractivity contribution in [2.45, 2.75) is 0 Å². The van der Waals surface area contributed by atoms with E-state index in [1.165, 1.54) is 24.3 Å². The second-order valence-electron chi connectivity index (χ2n) is 2.75. The number of carbonyl (C=O) groups is 1. The van der Waals surface area contributed by atoms with E-state index < -0.39 is 11.8 Å². The van der Waals surface area contributed by atoms with Crippen LogP contribution in [-0.2, 0) is 4.79 Å². The van der Waals surface area contributed by atoms with Crippen LogP contribution in [0.1, 0.15) is 0 Å². The molecule has 15 heavy (non-hydrogen) atoms. The zero-order valence-electron chi connectivity index (χ0n) is 7.71. The molecule has 0 unspecified atom stereocenters. The normalized spacial score (nSPS) is 10.5. The monoisotopic (exact) mass is 229 g/mol. The molecule has 2 N–H and O–H groups in total. The highest BCUT2D eigenvalue weighted by Crippen LogP contribution is 2.18. The van der Waals surface area contributed by atoms with E-state index in [1.807, 2.05) is 0 Å². The Morgan fingerprint density at radius 3 is 3.00 bits per heavy atom. The second kappa shape index (κ2) is 5.36. The SMILES string of the molecule is O=C(O)/C=C/CNc1cc(Cl)ccc1F. The zero-order valence-corrected chi connectivity index (χ0v) is 8.46. The molecule has 0 spiro atoms. The van der Waals surface area contributed by atoms with Gasteiger partial charge in [0.2, 0.25) is 0 Å². The van der Waals surface area contributed by atoms with Gasteiger partial charge in [0.15, 0.2) is 0 Å². The van der Waals surface area contributed by atoms with Gasteiger partial charge in [-0.3, -0.25) is 0 Å². The molecule has 0 aliphatic heterocycles. The Hall–Kier alpha value is -1.55. The first-order chi connectivity index (χ1) is 7.09. The summed E-state index contributed by atoms with van der Waals surface area (Å²) in [7, 11) is 0. The van der Waals surface area contributed by atoms with Crippen LogP contribution in [-0.4, -0.2) is 17.6 Å². The van der Waals surface area contributed by atoms with Crippen molar-refractivity contribution in [2.24, 2.45) is 0 Å². The molecule has 80 valence electrons. The number of nitrogens with one attached hydrogen (secondary N) is 1. The highest BCUT2D eigenvalue weighted by atomic mass is 35.5. The molecule has 1 rings (SSSR count). The maximum atomic E-state index is 13.1. The molecule has 0 amide bonds. The van der Waals surface area contributed by atoms with Gasteiger partial charge in [0, 0.05) is 17.6 Å². The molecule has 0 fully saturated rings. The molecule has 0 heterocycles. The minimum atomic E-state index is -1.04. The summed E-state index contributed by atoms with van der Waals surface area (Å²) in [6.45, 7) is 0.226. The van der Waals surface area contributed by atoms with Gasteiger partial charge >= 0.3 is 5.97 Å². The highest BCUT2D eigenvalue weighted by Gasteiger charge is 2.00. The van der Waals surface area contributed by atoms with E-state index in [9.17, 15) is 9.18 Å².